The monoisotopic (exact) mass is 375 g/mol. The number of carbonyl (C=O) groups excluding carboxylic acids is 1. The van der Waals surface area contributed by atoms with E-state index in [1.54, 1.807) is 12.3 Å². The molecule has 0 fully saturated rings. The van der Waals surface area contributed by atoms with Crippen molar-refractivity contribution in [2.45, 2.75) is 27.2 Å². The maximum absolute atomic E-state index is 12.3. The Kier molecular flexibility index (Phi) is 5.20. The fraction of sp³-hybridized carbons (Fsp3) is 0.278. The maximum atomic E-state index is 12.3. The molecule has 5 nitrogen and oxygen atoms in total. The summed E-state index contributed by atoms with van der Waals surface area (Å²) in [4.78, 5) is 21.5. The molecule has 0 bridgehead atoms. The summed E-state index contributed by atoms with van der Waals surface area (Å²) in [6.45, 7) is 6.21. The highest BCUT2D eigenvalue weighted by atomic mass is 35.5. The lowest BCUT2D eigenvalue weighted by Crippen LogP contribution is -2.06. The van der Waals surface area contributed by atoms with Crippen molar-refractivity contribution >= 4 is 50.6 Å². The minimum Gasteiger partial charge on any atom is -0.462 e. The molecule has 3 aromatic rings. The largest absolute Gasteiger partial charge is 0.462 e. The van der Waals surface area contributed by atoms with Crippen molar-refractivity contribution in [1.82, 2.24) is 9.97 Å². The molecule has 0 unspecified atom stereocenters. The van der Waals surface area contributed by atoms with E-state index in [0.717, 1.165) is 23.2 Å². The molecule has 0 aliphatic rings. The first kappa shape index (κ1) is 17.6. The molecule has 1 N–H and O–H groups in total. The summed E-state index contributed by atoms with van der Waals surface area (Å²) in [6, 6.07) is 6.12. The van der Waals surface area contributed by atoms with Crippen LogP contribution in [-0.2, 0) is 11.2 Å². The van der Waals surface area contributed by atoms with Crippen LogP contribution >= 0.6 is 22.9 Å². The molecule has 130 valence electrons. The van der Waals surface area contributed by atoms with Gasteiger partial charge in [-0.3, -0.25) is 0 Å². The van der Waals surface area contributed by atoms with Gasteiger partial charge in [-0.25, -0.2) is 9.78 Å². The predicted octanol–water partition coefficient (Wildman–Crippen LogP) is 5.14. The van der Waals surface area contributed by atoms with E-state index < -0.39 is 0 Å². The van der Waals surface area contributed by atoms with E-state index in [-0.39, 0.29) is 11.3 Å². The molecule has 0 amide bonds. The van der Waals surface area contributed by atoms with Crippen molar-refractivity contribution in [2.75, 3.05) is 11.9 Å². The number of para-hydroxylation sites is 1. The third-order valence-electron chi connectivity index (χ3n) is 3.89. The molecule has 7 heteroatoms. The number of esters is 1. The highest BCUT2D eigenvalue weighted by molar-refractivity contribution is 7.17. The van der Waals surface area contributed by atoms with Crippen LogP contribution in [0, 0.1) is 6.92 Å². The fourth-order valence-electron chi connectivity index (χ4n) is 2.69. The zero-order valence-electron chi connectivity index (χ0n) is 14.2. The number of fused-ring (bicyclic) bond motifs is 1. The molecule has 0 aliphatic carbocycles. The van der Waals surface area contributed by atoms with Gasteiger partial charge in [0.05, 0.1) is 17.6 Å². The summed E-state index contributed by atoms with van der Waals surface area (Å²) in [5.41, 5.74) is 3.68. The van der Waals surface area contributed by atoms with Gasteiger partial charge in [-0.2, -0.15) is 4.98 Å². The van der Waals surface area contributed by atoms with Crippen molar-refractivity contribution in [1.29, 1.82) is 0 Å². The fourth-order valence-corrected chi connectivity index (χ4v) is 3.81. The predicted molar refractivity (Wildman–Crippen MR) is 102 cm³/mol. The van der Waals surface area contributed by atoms with Gasteiger partial charge >= 0.3 is 5.97 Å². The Balaban J connectivity index is 2.16. The molecule has 2 aromatic heterocycles. The van der Waals surface area contributed by atoms with E-state index in [0.29, 0.717) is 28.2 Å². The molecule has 0 radical (unpaired) electrons. The van der Waals surface area contributed by atoms with Crippen LogP contribution < -0.4 is 5.32 Å². The van der Waals surface area contributed by atoms with E-state index in [4.69, 9.17) is 16.3 Å². The molecule has 0 saturated carbocycles. The summed E-state index contributed by atoms with van der Waals surface area (Å²) < 4.78 is 5.15. The number of ether oxygens (including phenoxy) is 1. The second-order valence-electron chi connectivity index (χ2n) is 5.48. The van der Waals surface area contributed by atoms with Crippen molar-refractivity contribution < 1.29 is 9.53 Å². The molecule has 0 saturated heterocycles. The minimum atomic E-state index is -0.386. The second-order valence-corrected chi connectivity index (χ2v) is 6.67. The maximum Gasteiger partial charge on any atom is 0.339 e. The number of benzene rings is 1. The Labute approximate surface area is 155 Å². The molecule has 25 heavy (non-hydrogen) atoms. The van der Waals surface area contributed by atoms with Gasteiger partial charge in [0, 0.05) is 11.1 Å². The zero-order chi connectivity index (χ0) is 18.0. The second kappa shape index (κ2) is 7.37. The highest BCUT2D eigenvalue weighted by Gasteiger charge is 2.20. The molecule has 2 heterocycles. The molecule has 0 aliphatic heterocycles. The van der Waals surface area contributed by atoms with E-state index in [1.807, 2.05) is 19.1 Å². The molecule has 1 aromatic carbocycles. The van der Waals surface area contributed by atoms with Gasteiger partial charge in [-0.1, -0.05) is 25.1 Å². The van der Waals surface area contributed by atoms with E-state index in [9.17, 15) is 4.79 Å². The van der Waals surface area contributed by atoms with Crippen LogP contribution in [0.25, 0.3) is 10.2 Å². The molecule has 3 rings (SSSR count). The number of aromatic nitrogens is 2. The number of hydrogen-bond donors (Lipinski definition) is 1. The number of thiophene rings is 1. The van der Waals surface area contributed by atoms with Gasteiger partial charge in [0.1, 0.15) is 10.6 Å². The SMILES string of the molecule is CCOC(=O)c1csc2nc(Cl)nc(Nc3c(C)cccc3CC)c12. The topological polar surface area (TPSA) is 64.1 Å². The van der Waals surface area contributed by atoms with Gasteiger partial charge in [-0.15, -0.1) is 11.3 Å². The number of anilines is 2. The van der Waals surface area contributed by atoms with Gasteiger partial charge < -0.3 is 10.1 Å². The highest BCUT2D eigenvalue weighted by Crippen LogP contribution is 2.34. The van der Waals surface area contributed by atoms with Crippen molar-refractivity contribution in [3.05, 3.63) is 45.6 Å². The number of nitrogens with one attached hydrogen (secondary N) is 1. The quantitative estimate of drug-likeness (QED) is 0.494. The standard InChI is InChI=1S/C18H18ClN3O2S/c1-4-11-8-6-7-10(3)14(11)20-15-13-12(17(23)24-5-2)9-25-16(13)22-18(19)21-15/h6-9H,4-5H2,1-3H3,(H,20,21,22). The summed E-state index contributed by atoms with van der Waals surface area (Å²) in [5, 5.41) is 5.87. The van der Waals surface area contributed by atoms with Crippen LogP contribution in [0.2, 0.25) is 5.28 Å². The van der Waals surface area contributed by atoms with Crippen molar-refractivity contribution in [2.24, 2.45) is 0 Å². The van der Waals surface area contributed by atoms with Crippen LogP contribution in [0.15, 0.2) is 23.6 Å². The first-order valence-corrected chi connectivity index (χ1v) is 9.28. The summed E-state index contributed by atoms with van der Waals surface area (Å²) >= 11 is 7.43. The lowest BCUT2D eigenvalue weighted by atomic mass is 10.1. The zero-order valence-corrected chi connectivity index (χ0v) is 15.8. The van der Waals surface area contributed by atoms with E-state index in [1.165, 1.54) is 11.3 Å². The number of carbonyl (C=O) groups is 1. The van der Waals surface area contributed by atoms with Crippen LogP contribution in [0.3, 0.4) is 0 Å². The molecule has 0 spiro atoms. The Morgan fingerprint density at radius 3 is 2.84 bits per heavy atom. The summed E-state index contributed by atoms with van der Waals surface area (Å²) in [7, 11) is 0. The average molecular weight is 376 g/mol. The van der Waals surface area contributed by atoms with Crippen molar-refractivity contribution in [3.63, 3.8) is 0 Å². The van der Waals surface area contributed by atoms with Gasteiger partial charge in [-0.05, 0) is 43.0 Å². The number of nitrogens with zero attached hydrogens (tertiary/aromatic N) is 2. The lowest BCUT2D eigenvalue weighted by Gasteiger charge is -2.14. The average Bonchev–Trinajstić information content (AvgIpc) is 3.00. The third-order valence-corrected chi connectivity index (χ3v) is 4.93. The first-order valence-electron chi connectivity index (χ1n) is 8.02. The molecule has 0 atom stereocenters. The van der Waals surface area contributed by atoms with Gasteiger partial charge in [0.2, 0.25) is 5.28 Å². The van der Waals surface area contributed by atoms with Gasteiger partial charge in [0.25, 0.3) is 0 Å². The number of hydrogen-bond acceptors (Lipinski definition) is 6. The molecular formula is C18H18ClN3O2S. The van der Waals surface area contributed by atoms with E-state index >= 15 is 0 Å². The first-order chi connectivity index (χ1) is 12.0. The van der Waals surface area contributed by atoms with Crippen molar-refractivity contribution in [3.8, 4) is 0 Å². The number of aryl methyl sites for hydroxylation is 2. The van der Waals surface area contributed by atoms with Gasteiger partial charge in [0.15, 0.2) is 0 Å². The van der Waals surface area contributed by atoms with Crippen LogP contribution in [0.5, 0.6) is 0 Å². The van der Waals surface area contributed by atoms with Crippen LogP contribution in [0.4, 0.5) is 11.5 Å². The Morgan fingerprint density at radius 2 is 2.12 bits per heavy atom. The number of rotatable bonds is 5. The third kappa shape index (κ3) is 3.45. The Bertz CT molecular complexity index is 939. The van der Waals surface area contributed by atoms with Crippen LogP contribution in [0.1, 0.15) is 35.3 Å². The Hall–Kier alpha value is -2.18. The van der Waals surface area contributed by atoms with E-state index in [2.05, 4.69) is 28.3 Å². The smallest absolute Gasteiger partial charge is 0.339 e. The molecular weight excluding hydrogens is 358 g/mol. The summed E-state index contributed by atoms with van der Waals surface area (Å²) in [5.74, 6) is 0.131. The summed E-state index contributed by atoms with van der Waals surface area (Å²) in [6.07, 6.45) is 0.875. The number of halogens is 1. The van der Waals surface area contributed by atoms with Crippen LogP contribution in [-0.4, -0.2) is 22.5 Å². The Morgan fingerprint density at radius 1 is 1.32 bits per heavy atom. The normalized spacial score (nSPS) is 10.9. The minimum absolute atomic E-state index is 0.138. The lowest BCUT2D eigenvalue weighted by molar-refractivity contribution is 0.0529.